The smallest absolute Gasteiger partial charge is 0.330 e. The predicted octanol–water partition coefficient (Wildman–Crippen LogP) is 1.69. The highest BCUT2D eigenvalue weighted by molar-refractivity contribution is 6.29. The number of carbonyl (C=O) groups is 2. The number of benzene rings is 1. The number of aromatic nitrogens is 2. The van der Waals surface area contributed by atoms with E-state index in [0.717, 1.165) is 0 Å². The van der Waals surface area contributed by atoms with Gasteiger partial charge in [0.05, 0.1) is 0 Å². The SMILES string of the molecule is O=C(NC(C(=O)O)c1ccccc1)c1ccc(Cl)nn1. The first-order chi connectivity index (χ1) is 9.58. The zero-order chi connectivity index (χ0) is 14.5. The Morgan fingerprint density at radius 2 is 1.80 bits per heavy atom. The van der Waals surface area contributed by atoms with E-state index in [-0.39, 0.29) is 10.8 Å². The molecule has 0 spiro atoms. The average molecular weight is 292 g/mol. The van der Waals surface area contributed by atoms with Crippen LogP contribution in [0.2, 0.25) is 5.15 Å². The molecule has 1 unspecified atom stereocenters. The second-order valence-electron chi connectivity index (χ2n) is 3.90. The predicted molar refractivity (Wildman–Crippen MR) is 71.3 cm³/mol. The van der Waals surface area contributed by atoms with Gasteiger partial charge in [-0.2, -0.15) is 0 Å². The van der Waals surface area contributed by atoms with Crippen LogP contribution in [0.5, 0.6) is 0 Å². The van der Waals surface area contributed by atoms with Crippen LogP contribution >= 0.6 is 11.6 Å². The number of aliphatic carboxylic acids is 1. The van der Waals surface area contributed by atoms with Crippen LogP contribution in [0.1, 0.15) is 22.1 Å². The number of nitrogens with one attached hydrogen (secondary N) is 1. The molecule has 1 atom stereocenters. The summed E-state index contributed by atoms with van der Waals surface area (Å²) in [5.41, 5.74) is 0.465. The van der Waals surface area contributed by atoms with E-state index in [4.69, 9.17) is 11.6 Å². The van der Waals surface area contributed by atoms with Gasteiger partial charge >= 0.3 is 5.97 Å². The summed E-state index contributed by atoms with van der Waals surface area (Å²) in [6, 6.07) is 10.0. The summed E-state index contributed by atoms with van der Waals surface area (Å²) < 4.78 is 0. The highest BCUT2D eigenvalue weighted by Gasteiger charge is 2.23. The van der Waals surface area contributed by atoms with E-state index in [1.165, 1.54) is 12.1 Å². The fourth-order valence-electron chi connectivity index (χ4n) is 1.58. The normalized spacial score (nSPS) is 11.7. The van der Waals surface area contributed by atoms with Gasteiger partial charge in [0, 0.05) is 0 Å². The Hall–Kier alpha value is -2.47. The minimum atomic E-state index is -1.16. The quantitative estimate of drug-likeness (QED) is 0.894. The Morgan fingerprint density at radius 3 is 2.35 bits per heavy atom. The third-order valence-corrected chi connectivity index (χ3v) is 2.72. The molecule has 0 aliphatic carbocycles. The molecule has 1 aromatic carbocycles. The highest BCUT2D eigenvalue weighted by Crippen LogP contribution is 2.13. The molecule has 2 aromatic rings. The molecule has 1 aromatic heterocycles. The summed E-state index contributed by atoms with van der Waals surface area (Å²) in [5.74, 6) is -1.79. The van der Waals surface area contributed by atoms with Gasteiger partial charge in [0.1, 0.15) is 0 Å². The lowest BCUT2D eigenvalue weighted by atomic mass is 10.1. The number of hydrogen-bond donors (Lipinski definition) is 2. The number of carboxylic acids is 1. The van der Waals surface area contributed by atoms with E-state index < -0.39 is 17.9 Å². The number of carbonyl (C=O) groups excluding carboxylic acids is 1. The molecule has 20 heavy (non-hydrogen) atoms. The van der Waals surface area contributed by atoms with Gasteiger partial charge in [-0.15, -0.1) is 10.2 Å². The van der Waals surface area contributed by atoms with Crippen LogP contribution in [0.25, 0.3) is 0 Å². The molecule has 6 nitrogen and oxygen atoms in total. The highest BCUT2D eigenvalue weighted by atomic mass is 35.5. The fraction of sp³-hybridized carbons (Fsp3) is 0.0769. The zero-order valence-corrected chi connectivity index (χ0v) is 10.9. The third-order valence-electron chi connectivity index (χ3n) is 2.52. The molecular formula is C13H10ClN3O3. The number of amides is 1. The summed E-state index contributed by atoms with van der Waals surface area (Å²) >= 11 is 5.57. The summed E-state index contributed by atoms with van der Waals surface area (Å²) in [6.45, 7) is 0. The Balaban J connectivity index is 2.19. The van der Waals surface area contributed by atoms with Crippen molar-refractivity contribution >= 4 is 23.5 Å². The topological polar surface area (TPSA) is 92.2 Å². The van der Waals surface area contributed by atoms with Crippen molar-refractivity contribution in [3.8, 4) is 0 Å². The molecule has 0 radical (unpaired) electrons. The average Bonchev–Trinajstić information content (AvgIpc) is 2.46. The van der Waals surface area contributed by atoms with Gasteiger partial charge in [-0.25, -0.2) is 4.79 Å². The van der Waals surface area contributed by atoms with Gasteiger partial charge < -0.3 is 10.4 Å². The molecule has 2 N–H and O–H groups in total. The Morgan fingerprint density at radius 1 is 1.10 bits per heavy atom. The second kappa shape index (κ2) is 6.12. The van der Waals surface area contributed by atoms with Crippen LogP contribution in [-0.2, 0) is 4.79 Å². The Bertz CT molecular complexity index is 617. The van der Waals surface area contributed by atoms with Gasteiger partial charge in [0.25, 0.3) is 5.91 Å². The fourth-order valence-corrected chi connectivity index (χ4v) is 1.68. The van der Waals surface area contributed by atoms with Crippen molar-refractivity contribution in [2.45, 2.75) is 6.04 Å². The third kappa shape index (κ3) is 3.30. The van der Waals surface area contributed by atoms with Crippen molar-refractivity contribution in [2.24, 2.45) is 0 Å². The Kier molecular flexibility index (Phi) is 4.27. The maximum absolute atomic E-state index is 11.9. The number of rotatable bonds is 4. The van der Waals surface area contributed by atoms with Crippen LogP contribution in [-0.4, -0.2) is 27.2 Å². The summed E-state index contributed by atoms with van der Waals surface area (Å²) in [6.07, 6.45) is 0. The van der Waals surface area contributed by atoms with E-state index in [1.54, 1.807) is 30.3 Å². The molecule has 0 fully saturated rings. The molecule has 2 rings (SSSR count). The van der Waals surface area contributed by atoms with Crippen LogP contribution in [0, 0.1) is 0 Å². The molecular weight excluding hydrogens is 282 g/mol. The standard InChI is InChI=1S/C13H10ClN3O3/c14-10-7-6-9(16-17-10)12(18)15-11(13(19)20)8-4-2-1-3-5-8/h1-7,11H,(H,15,18)(H,19,20). The first kappa shape index (κ1) is 14.0. The van der Waals surface area contributed by atoms with Crippen molar-refractivity contribution in [1.82, 2.24) is 15.5 Å². The summed E-state index contributed by atoms with van der Waals surface area (Å²) in [4.78, 5) is 23.2. The van der Waals surface area contributed by atoms with Crippen LogP contribution < -0.4 is 5.32 Å². The molecule has 7 heteroatoms. The first-order valence-corrected chi connectivity index (χ1v) is 6.03. The molecule has 1 amide bonds. The van der Waals surface area contributed by atoms with E-state index in [9.17, 15) is 14.7 Å². The lowest BCUT2D eigenvalue weighted by Gasteiger charge is -2.14. The lowest BCUT2D eigenvalue weighted by Crippen LogP contribution is -2.34. The molecule has 0 aliphatic heterocycles. The van der Waals surface area contributed by atoms with E-state index in [1.807, 2.05) is 0 Å². The van der Waals surface area contributed by atoms with Crippen molar-refractivity contribution in [2.75, 3.05) is 0 Å². The number of nitrogens with zero attached hydrogens (tertiary/aromatic N) is 2. The number of halogens is 1. The van der Waals surface area contributed by atoms with Gasteiger partial charge in [-0.3, -0.25) is 4.79 Å². The molecule has 1 heterocycles. The van der Waals surface area contributed by atoms with Crippen LogP contribution in [0.3, 0.4) is 0 Å². The maximum Gasteiger partial charge on any atom is 0.330 e. The minimum Gasteiger partial charge on any atom is -0.479 e. The van der Waals surface area contributed by atoms with E-state index in [0.29, 0.717) is 5.56 Å². The number of hydrogen-bond acceptors (Lipinski definition) is 4. The van der Waals surface area contributed by atoms with Crippen molar-refractivity contribution in [3.63, 3.8) is 0 Å². The second-order valence-corrected chi connectivity index (χ2v) is 4.28. The molecule has 0 saturated heterocycles. The van der Waals surface area contributed by atoms with Crippen LogP contribution in [0.15, 0.2) is 42.5 Å². The molecule has 102 valence electrons. The maximum atomic E-state index is 11.9. The van der Waals surface area contributed by atoms with Gasteiger partial charge in [-0.05, 0) is 17.7 Å². The van der Waals surface area contributed by atoms with Gasteiger partial charge in [0.15, 0.2) is 16.9 Å². The first-order valence-electron chi connectivity index (χ1n) is 5.66. The summed E-state index contributed by atoms with van der Waals surface area (Å²) in [5, 5.41) is 18.9. The number of carboxylic acid groups (broad SMARTS) is 1. The van der Waals surface area contributed by atoms with E-state index in [2.05, 4.69) is 15.5 Å². The zero-order valence-electron chi connectivity index (χ0n) is 10.2. The van der Waals surface area contributed by atoms with E-state index >= 15 is 0 Å². The Labute approximate surface area is 119 Å². The van der Waals surface area contributed by atoms with Crippen molar-refractivity contribution in [1.29, 1.82) is 0 Å². The van der Waals surface area contributed by atoms with Crippen molar-refractivity contribution in [3.05, 3.63) is 58.9 Å². The molecule has 0 aliphatic rings. The monoisotopic (exact) mass is 291 g/mol. The largest absolute Gasteiger partial charge is 0.479 e. The van der Waals surface area contributed by atoms with Gasteiger partial charge in [0.2, 0.25) is 0 Å². The summed E-state index contributed by atoms with van der Waals surface area (Å²) in [7, 11) is 0. The molecule has 0 saturated carbocycles. The van der Waals surface area contributed by atoms with Crippen molar-refractivity contribution < 1.29 is 14.7 Å². The molecule has 0 bridgehead atoms. The van der Waals surface area contributed by atoms with Gasteiger partial charge in [-0.1, -0.05) is 41.9 Å². The minimum absolute atomic E-state index is 0.00317. The van der Waals surface area contributed by atoms with Crippen LogP contribution in [0.4, 0.5) is 0 Å². The lowest BCUT2D eigenvalue weighted by molar-refractivity contribution is -0.139.